The molecule has 0 saturated heterocycles. The van der Waals surface area contributed by atoms with Gasteiger partial charge in [-0.05, 0) is 12.1 Å². The average molecular weight is 133 g/mol. The van der Waals surface area contributed by atoms with Crippen LogP contribution in [0, 0.1) is 12.3 Å². The summed E-state index contributed by atoms with van der Waals surface area (Å²) in [6.45, 7) is 1.94. The lowest BCUT2D eigenvalue weighted by Gasteiger charge is -1.70. The number of terminal acetylenes is 1. The number of hydrogen-bond acceptors (Lipinski definition) is 1. The zero-order valence-corrected chi connectivity index (χ0v) is 6.12. The SMILES string of the molecule is C#CCC.c1ccncc1. The van der Waals surface area contributed by atoms with Gasteiger partial charge in [0.2, 0.25) is 0 Å². The fourth-order valence-corrected chi connectivity index (χ4v) is 0.313. The van der Waals surface area contributed by atoms with E-state index in [0.717, 1.165) is 6.42 Å². The molecule has 1 aromatic rings. The summed E-state index contributed by atoms with van der Waals surface area (Å²) < 4.78 is 0. The Hall–Kier alpha value is -1.29. The summed E-state index contributed by atoms with van der Waals surface area (Å²) in [6.07, 6.45) is 9.12. The minimum atomic E-state index is 0.847. The molecule has 0 amide bonds. The molecule has 0 bridgehead atoms. The van der Waals surface area contributed by atoms with Crippen LogP contribution in [-0.4, -0.2) is 4.98 Å². The molecule has 0 unspecified atom stereocenters. The zero-order chi connectivity index (χ0) is 7.66. The van der Waals surface area contributed by atoms with E-state index in [4.69, 9.17) is 6.42 Å². The van der Waals surface area contributed by atoms with Crippen LogP contribution in [0.2, 0.25) is 0 Å². The number of aromatic nitrogens is 1. The standard InChI is InChI=1S/C5H5N.C4H6/c1-2-4-6-5-3-1;1-3-4-2/h1-5H;1H,4H2,2H3. The first-order valence-electron chi connectivity index (χ1n) is 3.20. The molecule has 0 spiro atoms. The third-order valence-electron chi connectivity index (χ3n) is 0.771. The molecule has 10 heavy (non-hydrogen) atoms. The molecular weight excluding hydrogens is 122 g/mol. The number of rotatable bonds is 0. The van der Waals surface area contributed by atoms with Gasteiger partial charge >= 0.3 is 0 Å². The fourth-order valence-electron chi connectivity index (χ4n) is 0.313. The number of nitrogens with zero attached hydrogens (tertiary/aromatic N) is 1. The van der Waals surface area contributed by atoms with Crippen LogP contribution in [0.1, 0.15) is 13.3 Å². The summed E-state index contributed by atoms with van der Waals surface area (Å²) in [7, 11) is 0. The van der Waals surface area contributed by atoms with Gasteiger partial charge in [-0.15, -0.1) is 12.3 Å². The van der Waals surface area contributed by atoms with E-state index in [1.54, 1.807) is 12.4 Å². The first-order valence-corrected chi connectivity index (χ1v) is 3.20. The predicted molar refractivity (Wildman–Crippen MR) is 43.4 cm³/mol. The third kappa shape index (κ3) is 6.71. The first kappa shape index (κ1) is 8.71. The van der Waals surface area contributed by atoms with Gasteiger partial charge < -0.3 is 0 Å². The third-order valence-corrected chi connectivity index (χ3v) is 0.771. The van der Waals surface area contributed by atoms with Crippen molar-refractivity contribution in [1.82, 2.24) is 4.98 Å². The smallest absolute Gasteiger partial charge is 0.0267 e. The van der Waals surface area contributed by atoms with Gasteiger partial charge in [0.05, 0.1) is 0 Å². The van der Waals surface area contributed by atoms with Gasteiger partial charge in [-0.25, -0.2) is 0 Å². The Morgan fingerprint density at radius 2 is 1.80 bits per heavy atom. The zero-order valence-electron chi connectivity index (χ0n) is 6.12. The topological polar surface area (TPSA) is 12.9 Å². The summed E-state index contributed by atoms with van der Waals surface area (Å²) in [5, 5.41) is 0. The Kier molecular flexibility index (Phi) is 6.72. The van der Waals surface area contributed by atoms with E-state index < -0.39 is 0 Å². The number of hydrogen-bond donors (Lipinski definition) is 0. The molecule has 0 N–H and O–H groups in total. The molecule has 0 aliphatic rings. The summed E-state index contributed by atoms with van der Waals surface area (Å²) >= 11 is 0. The summed E-state index contributed by atoms with van der Waals surface area (Å²) in [6, 6.07) is 5.72. The van der Waals surface area contributed by atoms with Gasteiger partial charge in [-0.1, -0.05) is 13.0 Å². The van der Waals surface area contributed by atoms with Crippen LogP contribution in [0.5, 0.6) is 0 Å². The molecule has 1 heteroatoms. The van der Waals surface area contributed by atoms with Crippen molar-refractivity contribution in [2.24, 2.45) is 0 Å². The fraction of sp³-hybridized carbons (Fsp3) is 0.222. The van der Waals surface area contributed by atoms with E-state index in [1.165, 1.54) is 0 Å². The molecule has 1 heterocycles. The normalized spacial score (nSPS) is 6.80. The highest BCUT2D eigenvalue weighted by atomic mass is 14.6. The molecule has 52 valence electrons. The lowest BCUT2D eigenvalue weighted by molar-refractivity contribution is 1.28. The Labute approximate surface area is 62.1 Å². The van der Waals surface area contributed by atoms with E-state index in [1.807, 2.05) is 25.1 Å². The average Bonchev–Trinajstić information content (AvgIpc) is 2.08. The van der Waals surface area contributed by atoms with Gasteiger partial charge in [0.15, 0.2) is 0 Å². The highest BCUT2D eigenvalue weighted by Crippen LogP contribution is 1.73. The largest absolute Gasteiger partial charge is 0.265 e. The van der Waals surface area contributed by atoms with Gasteiger partial charge in [-0.3, -0.25) is 4.98 Å². The minimum Gasteiger partial charge on any atom is -0.265 e. The molecular formula is C9H11N. The van der Waals surface area contributed by atoms with Crippen molar-refractivity contribution in [3.05, 3.63) is 30.6 Å². The highest BCUT2D eigenvalue weighted by Gasteiger charge is 1.58. The minimum absolute atomic E-state index is 0.847. The number of pyridine rings is 1. The van der Waals surface area contributed by atoms with Crippen LogP contribution in [-0.2, 0) is 0 Å². The van der Waals surface area contributed by atoms with Gasteiger partial charge in [0.25, 0.3) is 0 Å². The van der Waals surface area contributed by atoms with Crippen molar-refractivity contribution >= 4 is 0 Å². The second-order valence-electron chi connectivity index (χ2n) is 1.58. The van der Waals surface area contributed by atoms with Crippen molar-refractivity contribution < 1.29 is 0 Å². The lowest BCUT2D eigenvalue weighted by Crippen LogP contribution is -1.58. The molecule has 0 atom stereocenters. The Bertz CT molecular complexity index is 147. The van der Waals surface area contributed by atoms with Crippen molar-refractivity contribution in [2.75, 3.05) is 0 Å². The van der Waals surface area contributed by atoms with E-state index in [-0.39, 0.29) is 0 Å². The molecule has 1 aromatic heterocycles. The van der Waals surface area contributed by atoms with Crippen LogP contribution in [0.3, 0.4) is 0 Å². The van der Waals surface area contributed by atoms with E-state index in [9.17, 15) is 0 Å². The lowest BCUT2D eigenvalue weighted by atomic mass is 10.5. The Balaban J connectivity index is 0.000000180. The quantitative estimate of drug-likeness (QED) is 0.494. The maximum absolute atomic E-state index is 4.78. The summed E-state index contributed by atoms with van der Waals surface area (Å²) in [5.74, 6) is 2.43. The molecule has 0 fully saturated rings. The molecule has 0 radical (unpaired) electrons. The molecule has 1 rings (SSSR count). The Morgan fingerprint density at radius 1 is 1.30 bits per heavy atom. The van der Waals surface area contributed by atoms with Crippen LogP contribution < -0.4 is 0 Å². The van der Waals surface area contributed by atoms with Crippen molar-refractivity contribution in [1.29, 1.82) is 0 Å². The second kappa shape index (κ2) is 7.71. The van der Waals surface area contributed by atoms with E-state index in [2.05, 4.69) is 10.9 Å². The van der Waals surface area contributed by atoms with Gasteiger partial charge in [-0.2, -0.15) is 0 Å². The van der Waals surface area contributed by atoms with Gasteiger partial charge in [0, 0.05) is 18.8 Å². The maximum Gasteiger partial charge on any atom is 0.0267 e. The molecule has 1 nitrogen and oxygen atoms in total. The maximum atomic E-state index is 4.78. The van der Waals surface area contributed by atoms with Crippen molar-refractivity contribution in [3.63, 3.8) is 0 Å². The first-order chi connectivity index (χ1) is 4.91. The molecule has 0 aromatic carbocycles. The van der Waals surface area contributed by atoms with Crippen LogP contribution in [0.4, 0.5) is 0 Å². The van der Waals surface area contributed by atoms with E-state index >= 15 is 0 Å². The summed E-state index contributed by atoms with van der Waals surface area (Å²) in [5.41, 5.74) is 0. The van der Waals surface area contributed by atoms with E-state index in [0.29, 0.717) is 0 Å². The van der Waals surface area contributed by atoms with Crippen molar-refractivity contribution in [2.45, 2.75) is 13.3 Å². The molecule has 0 aliphatic heterocycles. The second-order valence-corrected chi connectivity index (χ2v) is 1.58. The monoisotopic (exact) mass is 133 g/mol. The van der Waals surface area contributed by atoms with Crippen LogP contribution in [0.15, 0.2) is 30.6 Å². The Morgan fingerprint density at radius 3 is 1.90 bits per heavy atom. The molecule has 0 saturated carbocycles. The molecule has 0 aliphatic carbocycles. The summed E-state index contributed by atoms with van der Waals surface area (Å²) in [4.78, 5) is 3.78. The van der Waals surface area contributed by atoms with Crippen molar-refractivity contribution in [3.8, 4) is 12.3 Å². The predicted octanol–water partition coefficient (Wildman–Crippen LogP) is 2.11. The van der Waals surface area contributed by atoms with Gasteiger partial charge in [0.1, 0.15) is 0 Å². The van der Waals surface area contributed by atoms with Crippen LogP contribution in [0.25, 0.3) is 0 Å². The van der Waals surface area contributed by atoms with Crippen LogP contribution >= 0.6 is 0 Å². The highest BCUT2D eigenvalue weighted by molar-refractivity contribution is 4.88.